The monoisotopic (exact) mass is 623 g/mol. The second-order valence-corrected chi connectivity index (χ2v) is 13.7. The largest absolute Gasteiger partial charge is 0.490 e. The molecule has 3 fully saturated rings. The molecule has 4 aliphatic rings. The van der Waals surface area contributed by atoms with E-state index < -0.39 is 23.1 Å². The van der Waals surface area contributed by atoms with Crippen molar-refractivity contribution in [3.8, 4) is 5.75 Å². The molecule has 8 nitrogen and oxygen atoms in total. The average molecular weight is 624 g/mol. The number of carbonyl (C=O) groups excluding carboxylic acids is 1. The van der Waals surface area contributed by atoms with E-state index >= 15 is 0 Å². The maximum Gasteiger partial charge on any atom is 0.416 e. The third-order valence-corrected chi connectivity index (χ3v) is 10.6. The Labute approximate surface area is 261 Å². The van der Waals surface area contributed by atoms with Crippen molar-refractivity contribution in [3.05, 3.63) is 70.3 Å². The number of anilines is 1. The number of rotatable bonds is 9. The first kappa shape index (κ1) is 30.2. The van der Waals surface area contributed by atoms with Gasteiger partial charge in [0.25, 0.3) is 5.91 Å². The van der Waals surface area contributed by atoms with Crippen LogP contribution in [0.2, 0.25) is 0 Å². The van der Waals surface area contributed by atoms with Gasteiger partial charge in [-0.1, -0.05) is 0 Å². The summed E-state index contributed by atoms with van der Waals surface area (Å²) >= 11 is 0. The minimum Gasteiger partial charge on any atom is -0.490 e. The van der Waals surface area contributed by atoms with E-state index in [1.165, 1.54) is 11.0 Å². The van der Waals surface area contributed by atoms with Gasteiger partial charge in [0.15, 0.2) is 0 Å². The first-order valence-electron chi connectivity index (χ1n) is 16.0. The predicted molar refractivity (Wildman–Crippen MR) is 162 cm³/mol. The third kappa shape index (κ3) is 5.41. The van der Waals surface area contributed by atoms with E-state index in [0.717, 1.165) is 56.3 Å². The van der Waals surface area contributed by atoms with E-state index in [0.29, 0.717) is 29.8 Å². The summed E-state index contributed by atoms with van der Waals surface area (Å²) in [6.07, 6.45) is 5.60. The number of aromatic nitrogens is 3. The number of carbonyl (C=O) groups is 1. The zero-order valence-electron chi connectivity index (χ0n) is 26.0. The van der Waals surface area contributed by atoms with Crippen molar-refractivity contribution >= 4 is 11.6 Å². The number of nitrogens with zero attached hydrogens (tertiary/aromatic N) is 4. The Morgan fingerprint density at radius 2 is 1.80 bits per heavy atom. The van der Waals surface area contributed by atoms with Gasteiger partial charge in [0.1, 0.15) is 17.9 Å². The van der Waals surface area contributed by atoms with Crippen LogP contribution in [-0.2, 0) is 36.5 Å². The molecule has 11 heteroatoms. The van der Waals surface area contributed by atoms with Crippen molar-refractivity contribution in [2.75, 3.05) is 12.0 Å². The van der Waals surface area contributed by atoms with Crippen LogP contribution in [0.3, 0.4) is 0 Å². The molecule has 1 amide bonds. The summed E-state index contributed by atoms with van der Waals surface area (Å²) in [6.45, 7) is 2.19. The molecule has 1 N–H and O–H groups in total. The average Bonchev–Trinajstić information content (AvgIpc) is 3.71. The molecule has 7 rings (SSSR count). The lowest BCUT2D eigenvalue weighted by molar-refractivity contribution is -0.138. The van der Waals surface area contributed by atoms with Gasteiger partial charge in [0.2, 0.25) is 0 Å². The molecule has 1 aromatic heterocycles. The summed E-state index contributed by atoms with van der Waals surface area (Å²) in [5.41, 5.74) is 0.614. The first-order chi connectivity index (χ1) is 21.5. The van der Waals surface area contributed by atoms with E-state index in [-0.39, 0.29) is 42.0 Å². The SMILES string of the molecule is CO[C@H]1C[C@](c2cc(OC3CCCC3)cc(N3Cc4c(cc(CNC5(C)CCC5)cc4C(F)(F)F)C3=O)c2)(c2nncn2C)C1. The van der Waals surface area contributed by atoms with Crippen molar-refractivity contribution in [1.29, 1.82) is 0 Å². The molecule has 3 aromatic rings. The Morgan fingerprint density at radius 1 is 1.04 bits per heavy atom. The van der Waals surface area contributed by atoms with Crippen molar-refractivity contribution in [2.45, 2.75) is 107 Å². The lowest BCUT2D eigenvalue weighted by atomic mass is 9.62. The summed E-state index contributed by atoms with van der Waals surface area (Å²) in [7, 11) is 3.58. The van der Waals surface area contributed by atoms with Crippen molar-refractivity contribution in [3.63, 3.8) is 0 Å². The standard InChI is InChI=1S/C34H40F3N5O3/c1-32(9-6-10-32)38-18-21-11-27-28(29(12-21)34(35,36)37)19-42(30(27)43)23-13-22(14-25(15-23)45-24-7-4-5-8-24)33(16-26(17-33)44-3)31-40-39-20-41(31)2/h11-15,20,24,26,38H,4-10,16-19H2,1-3H3/t26-,33-. The van der Waals surface area contributed by atoms with Gasteiger partial charge in [-0.15, -0.1) is 10.2 Å². The molecule has 0 unspecified atom stereocenters. The van der Waals surface area contributed by atoms with Gasteiger partial charge >= 0.3 is 6.18 Å². The summed E-state index contributed by atoms with van der Waals surface area (Å²) < 4.78 is 57.4. The van der Waals surface area contributed by atoms with E-state index in [9.17, 15) is 18.0 Å². The van der Waals surface area contributed by atoms with Crippen molar-refractivity contribution < 1.29 is 27.4 Å². The molecule has 0 atom stereocenters. The van der Waals surface area contributed by atoms with Crippen LogP contribution in [0.4, 0.5) is 18.9 Å². The number of halogens is 3. The number of methoxy groups -OCH3 is 1. The molecule has 3 saturated carbocycles. The number of ether oxygens (including phenoxy) is 2. The van der Waals surface area contributed by atoms with E-state index in [4.69, 9.17) is 9.47 Å². The van der Waals surface area contributed by atoms with Crippen LogP contribution < -0.4 is 15.0 Å². The summed E-state index contributed by atoms with van der Waals surface area (Å²) in [4.78, 5) is 15.5. The number of nitrogens with one attached hydrogen (secondary N) is 1. The highest BCUT2D eigenvalue weighted by Gasteiger charge is 2.51. The van der Waals surface area contributed by atoms with Gasteiger partial charge in [-0.25, -0.2) is 0 Å². The van der Waals surface area contributed by atoms with Crippen LogP contribution in [0, 0.1) is 0 Å². The number of alkyl halides is 3. The highest BCUT2D eigenvalue weighted by Crippen LogP contribution is 2.51. The minimum atomic E-state index is -4.59. The Balaban J connectivity index is 1.28. The maximum absolute atomic E-state index is 14.5. The molecule has 45 heavy (non-hydrogen) atoms. The third-order valence-electron chi connectivity index (χ3n) is 10.6. The molecule has 1 aliphatic heterocycles. The Hall–Kier alpha value is -3.44. The van der Waals surface area contributed by atoms with Gasteiger partial charge in [-0.3, -0.25) is 4.79 Å². The van der Waals surface area contributed by atoms with Gasteiger partial charge in [0.05, 0.1) is 29.7 Å². The molecule has 0 bridgehead atoms. The van der Waals surface area contributed by atoms with Crippen LogP contribution in [0.15, 0.2) is 36.7 Å². The zero-order chi connectivity index (χ0) is 31.6. The summed E-state index contributed by atoms with van der Waals surface area (Å²) in [5, 5.41) is 12.0. The number of hydrogen-bond donors (Lipinski definition) is 1. The number of aryl methyl sites for hydroxylation is 1. The topological polar surface area (TPSA) is 81.5 Å². The van der Waals surface area contributed by atoms with Gasteiger partial charge in [0, 0.05) is 43.6 Å². The van der Waals surface area contributed by atoms with Crippen LogP contribution in [0.25, 0.3) is 0 Å². The number of fused-ring (bicyclic) bond motifs is 1. The molecule has 0 radical (unpaired) electrons. The van der Waals surface area contributed by atoms with Crippen LogP contribution in [-0.4, -0.2) is 45.5 Å². The smallest absolute Gasteiger partial charge is 0.416 e. The van der Waals surface area contributed by atoms with Gasteiger partial charge < -0.3 is 24.3 Å². The maximum atomic E-state index is 14.5. The fourth-order valence-electron chi connectivity index (χ4n) is 7.66. The Bertz CT molecular complexity index is 1600. The molecule has 2 heterocycles. The predicted octanol–water partition coefficient (Wildman–Crippen LogP) is 6.44. The highest BCUT2D eigenvalue weighted by atomic mass is 19.4. The quantitative estimate of drug-likeness (QED) is 0.296. The van der Waals surface area contributed by atoms with E-state index in [1.807, 2.05) is 23.7 Å². The molecular formula is C34H40F3N5O3. The molecule has 0 spiro atoms. The first-order valence-corrected chi connectivity index (χ1v) is 16.0. The second kappa shape index (κ2) is 11.1. The molecular weight excluding hydrogens is 583 g/mol. The van der Waals surface area contributed by atoms with Crippen molar-refractivity contribution in [1.82, 2.24) is 20.1 Å². The van der Waals surface area contributed by atoms with Crippen LogP contribution in [0.1, 0.15) is 103 Å². The van der Waals surface area contributed by atoms with E-state index in [2.05, 4.69) is 22.4 Å². The zero-order valence-corrected chi connectivity index (χ0v) is 26.0. The second-order valence-electron chi connectivity index (χ2n) is 13.7. The molecule has 0 saturated heterocycles. The Kier molecular flexibility index (Phi) is 7.47. The number of benzene rings is 2. The lowest BCUT2D eigenvalue weighted by Crippen LogP contribution is -2.48. The minimum absolute atomic E-state index is 0.0147. The number of amides is 1. The molecule has 3 aliphatic carbocycles. The lowest BCUT2D eigenvalue weighted by Gasteiger charge is -2.46. The van der Waals surface area contributed by atoms with Gasteiger partial charge in [-0.05, 0) is 106 Å². The highest BCUT2D eigenvalue weighted by molar-refractivity contribution is 6.10. The molecule has 240 valence electrons. The normalized spacial score (nSPS) is 24.4. The summed E-state index contributed by atoms with van der Waals surface area (Å²) in [6, 6.07) is 8.56. The van der Waals surface area contributed by atoms with Crippen molar-refractivity contribution in [2.24, 2.45) is 7.05 Å². The van der Waals surface area contributed by atoms with Crippen LogP contribution in [0.5, 0.6) is 5.75 Å². The fraction of sp³-hybridized carbons (Fsp3) is 0.559. The summed E-state index contributed by atoms with van der Waals surface area (Å²) in [5.74, 6) is 0.940. The molecule has 2 aromatic carbocycles. The van der Waals surface area contributed by atoms with Crippen LogP contribution >= 0.6 is 0 Å². The fourth-order valence-corrected chi connectivity index (χ4v) is 7.66. The van der Waals surface area contributed by atoms with E-state index in [1.54, 1.807) is 25.6 Å². The Morgan fingerprint density at radius 3 is 2.42 bits per heavy atom. The number of hydrogen-bond acceptors (Lipinski definition) is 6. The van der Waals surface area contributed by atoms with Gasteiger partial charge in [-0.2, -0.15) is 13.2 Å².